The molecule has 3 aromatic rings. The van der Waals surface area contributed by atoms with Gasteiger partial charge in [0.25, 0.3) is 5.56 Å². The number of hydrogen-bond acceptors (Lipinski definition) is 3. The molecule has 0 aliphatic carbocycles. The lowest BCUT2D eigenvalue weighted by atomic mass is 10.1. The first-order valence-electron chi connectivity index (χ1n) is 7.45. The van der Waals surface area contributed by atoms with E-state index in [9.17, 15) is 18.0 Å². The Balaban J connectivity index is 1.84. The number of hydrogen-bond donors (Lipinski definition) is 1. The van der Waals surface area contributed by atoms with Crippen molar-refractivity contribution in [2.45, 2.75) is 12.7 Å². The van der Waals surface area contributed by atoms with Crippen molar-refractivity contribution < 1.29 is 13.2 Å². The van der Waals surface area contributed by atoms with E-state index in [-0.39, 0.29) is 12.1 Å². The third-order valence-corrected chi connectivity index (χ3v) is 3.69. The first-order chi connectivity index (χ1) is 11.9. The highest BCUT2D eigenvalue weighted by molar-refractivity contribution is 5.41. The van der Waals surface area contributed by atoms with Gasteiger partial charge in [-0.1, -0.05) is 12.1 Å². The number of nitrogens with one attached hydrogen (secondary N) is 1. The Morgan fingerprint density at radius 2 is 2.00 bits per heavy atom. The average Bonchev–Trinajstić information content (AvgIpc) is 3.02. The second-order valence-corrected chi connectivity index (χ2v) is 5.48. The molecule has 0 amide bonds. The first-order valence-corrected chi connectivity index (χ1v) is 7.45. The van der Waals surface area contributed by atoms with E-state index in [4.69, 9.17) is 0 Å². The summed E-state index contributed by atoms with van der Waals surface area (Å²) < 4.78 is 41.3. The fourth-order valence-corrected chi connectivity index (χ4v) is 2.44. The molecule has 8 heteroatoms. The zero-order valence-electron chi connectivity index (χ0n) is 13.3. The van der Waals surface area contributed by atoms with Crippen molar-refractivity contribution in [1.82, 2.24) is 14.1 Å². The number of pyridine rings is 1. The SMILES string of the molecule is CNc1ccn(-c2cn(Cc3cccc(C(F)(F)F)c3)cn2)c(=O)c1. The molecule has 1 aromatic carbocycles. The minimum absolute atomic E-state index is 0.222. The summed E-state index contributed by atoms with van der Waals surface area (Å²) in [5.74, 6) is 0.402. The second-order valence-electron chi connectivity index (χ2n) is 5.48. The Morgan fingerprint density at radius 1 is 1.20 bits per heavy atom. The molecule has 130 valence electrons. The number of alkyl halides is 3. The van der Waals surface area contributed by atoms with Crippen LogP contribution in [-0.4, -0.2) is 21.2 Å². The largest absolute Gasteiger partial charge is 0.416 e. The van der Waals surface area contributed by atoms with E-state index in [1.54, 1.807) is 36.1 Å². The summed E-state index contributed by atoms with van der Waals surface area (Å²) in [6, 6.07) is 8.29. The van der Waals surface area contributed by atoms with E-state index in [0.29, 0.717) is 17.1 Å². The van der Waals surface area contributed by atoms with E-state index < -0.39 is 11.7 Å². The van der Waals surface area contributed by atoms with E-state index in [0.717, 1.165) is 12.1 Å². The summed E-state index contributed by atoms with van der Waals surface area (Å²) in [5.41, 5.74) is 0.238. The van der Waals surface area contributed by atoms with Gasteiger partial charge in [0, 0.05) is 37.7 Å². The zero-order chi connectivity index (χ0) is 18.0. The molecule has 0 saturated heterocycles. The lowest BCUT2D eigenvalue weighted by Crippen LogP contribution is -2.17. The molecule has 5 nitrogen and oxygen atoms in total. The predicted molar refractivity (Wildman–Crippen MR) is 87.9 cm³/mol. The van der Waals surface area contributed by atoms with Gasteiger partial charge in [-0.3, -0.25) is 9.36 Å². The Hall–Kier alpha value is -3.03. The van der Waals surface area contributed by atoms with Crippen LogP contribution in [0.1, 0.15) is 11.1 Å². The van der Waals surface area contributed by atoms with E-state index >= 15 is 0 Å². The smallest absolute Gasteiger partial charge is 0.388 e. The molecule has 0 aliphatic heterocycles. The van der Waals surface area contributed by atoms with Crippen molar-refractivity contribution in [3.05, 3.63) is 76.6 Å². The van der Waals surface area contributed by atoms with Crippen molar-refractivity contribution in [3.63, 3.8) is 0 Å². The van der Waals surface area contributed by atoms with Gasteiger partial charge in [-0.2, -0.15) is 13.2 Å². The third-order valence-electron chi connectivity index (χ3n) is 3.69. The quantitative estimate of drug-likeness (QED) is 0.788. The van der Waals surface area contributed by atoms with Crippen LogP contribution in [0.5, 0.6) is 0 Å². The van der Waals surface area contributed by atoms with Gasteiger partial charge in [0.1, 0.15) is 0 Å². The van der Waals surface area contributed by atoms with Crippen LogP contribution in [0.3, 0.4) is 0 Å². The number of nitrogens with zero attached hydrogens (tertiary/aromatic N) is 3. The maximum Gasteiger partial charge on any atom is 0.416 e. The molecule has 0 radical (unpaired) electrons. The van der Waals surface area contributed by atoms with Crippen LogP contribution < -0.4 is 10.9 Å². The molecule has 0 fully saturated rings. The molecule has 1 N–H and O–H groups in total. The number of benzene rings is 1. The minimum Gasteiger partial charge on any atom is -0.388 e. The molecule has 0 saturated carbocycles. The van der Waals surface area contributed by atoms with Crippen molar-refractivity contribution >= 4 is 5.69 Å². The highest BCUT2D eigenvalue weighted by Crippen LogP contribution is 2.29. The van der Waals surface area contributed by atoms with Crippen LogP contribution in [0.4, 0.5) is 18.9 Å². The van der Waals surface area contributed by atoms with E-state index in [1.807, 2.05) is 0 Å². The molecule has 25 heavy (non-hydrogen) atoms. The topological polar surface area (TPSA) is 51.9 Å². The summed E-state index contributed by atoms with van der Waals surface area (Å²) in [6.07, 6.45) is 0.304. The van der Waals surface area contributed by atoms with Gasteiger partial charge < -0.3 is 9.88 Å². The molecule has 0 unspecified atom stereocenters. The second kappa shape index (κ2) is 6.46. The maximum absolute atomic E-state index is 12.8. The number of imidazole rings is 1. The van der Waals surface area contributed by atoms with Gasteiger partial charge in [-0.25, -0.2) is 4.98 Å². The summed E-state index contributed by atoms with van der Waals surface area (Å²) in [7, 11) is 1.71. The molecule has 0 aliphatic rings. The van der Waals surface area contributed by atoms with Crippen LogP contribution in [0, 0.1) is 0 Å². The van der Waals surface area contributed by atoms with Gasteiger partial charge in [0.05, 0.1) is 11.9 Å². The fraction of sp³-hybridized carbons (Fsp3) is 0.176. The predicted octanol–water partition coefficient (Wildman–Crippen LogP) is 3.14. The monoisotopic (exact) mass is 348 g/mol. The van der Waals surface area contributed by atoms with Crippen molar-refractivity contribution in [1.29, 1.82) is 0 Å². The summed E-state index contributed by atoms with van der Waals surface area (Å²) in [4.78, 5) is 16.2. The summed E-state index contributed by atoms with van der Waals surface area (Å²) >= 11 is 0. The van der Waals surface area contributed by atoms with Crippen LogP contribution in [0.25, 0.3) is 5.82 Å². The van der Waals surface area contributed by atoms with Gasteiger partial charge in [0.15, 0.2) is 5.82 Å². The van der Waals surface area contributed by atoms with E-state index in [1.165, 1.54) is 23.0 Å². The Morgan fingerprint density at radius 3 is 2.68 bits per heavy atom. The van der Waals surface area contributed by atoms with Crippen molar-refractivity contribution in [2.75, 3.05) is 12.4 Å². The molecule has 0 atom stereocenters. The Bertz CT molecular complexity index is 943. The molecular formula is C17H15F3N4O. The van der Waals surface area contributed by atoms with Crippen LogP contribution in [0.2, 0.25) is 0 Å². The molecule has 2 heterocycles. The van der Waals surface area contributed by atoms with Crippen molar-refractivity contribution in [2.24, 2.45) is 0 Å². The molecule has 3 rings (SSSR count). The van der Waals surface area contributed by atoms with Gasteiger partial charge >= 0.3 is 6.18 Å². The minimum atomic E-state index is -4.38. The Labute approximate surface area is 141 Å². The normalized spacial score (nSPS) is 11.5. The number of rotatable bonds is 4. The van der Waals surface area contributed by atoms with E-state index in [2.05, 4.69) is 10.3 Å². The van der Waals surface area contributed by atoms with Crippen LogP contribution >= 0.6 is 0 Å². The fourth-order valence-electron chi connectivity index (χ4n) is 2.44. The molecule has 0 spiro atoms. The van der Waals surface area contributed by atoms with Crippen molar-refractivity contribution in [3.8, 4) is 5.82 Å². The zero-order valence-corrected chi connectivity index (χ0v) is 13.3. The van der Waals surface area contributed by atoms with Crippen LogP contribution in [-0.2, 0) is 12.7 Å². The lowest BCUT2D eigenvalue weighted by molar-refractivity contribution is -0.137. The Kier molecular flexibility index (Phi) is 4.35. The standard InChI is InChI=1S/C17H15F3N4O/c1-21-14-5-6-24(16(25)8-14)15-10-23(11-22-15)9-12-3-2-4-13(7-12)17(18,19)20/h2-8,10-11,21H,9H2,1H3. The van der Waals surface area contributed by atoms with Crippen LogP contribution in [0.15, 0.2) is 59.9 Å². The lowest BCUT2D eigenvalue weighted by Gasteiger charge is -2.09. The highest BCUT2D eigenvalue weighted by atomic mass is 19.4. The molecule has 2 aromatic heterocycles. The molecular weight excluding hydrogens is 333 g/mol. The number of anilines is 1. The summed E-state index contributed by atoms with van der Waals surface area (Å²) in [5, 5.41) is 2.87. The maximum atomic E-state index is 12.8. The van der Waals surface area contributed by atoms with Gasteiger partial charge in [-0.15, -0.1) is 0 Å². The first kappa shape index (κ1) is 16.8. The average molecular weight is 348 g/mol. The number of aromatic nitrogens is 3. The highest BCUT2D eigenvalue weighted by Gasteiger charge is 2.30. The third kappa shape index (κ3) is 3.73. The number of halogens is 3. The van der Waals surface area contributed by atoms with Gasteiger partial charge in [0.2, 0.25) is 0 Å². The summed E-state index contributed by atoms with van der Waals surface area (Å²) in [6.45, 7) is 0.222. The van der Waals surface area contributed by atoms with Gasteiger partial charge in [-0.05, 0) is 23.8 Å². The molecule has 0 bridgehead atoms.